The van der Waals surface area contributed by atoms with Gasteiger partial charge in [-0.1, -0.05) is 48.5 Å². The summed E-state index contributed by atoms with van der Waals surface area (Å²) in [6, 6.07) is 25.4. The van der Waals surface area contributed by atoms with E-state index in [9.17, 15) is 19.5 Å². The molecule has 5 rings (SSSR count). The number of hydrogen-bond donors (Lipinski definition) is 1. The van der Waals surface area contributed by atoms with Crippen molar-refractivity contribution in [3.05, 3.63) is 113 Å². The molecular weight excluding hydrogens is 482 g/mol. The fourth-order valence-corrected chi connectivity index (χ4v) is 4.67. The standard InChI is InChI=1S/C31H25NO6/c1-3-38-31(36)21-10-14-24(15-11-21)32-27(20-12-16-25(37-2)17-13-20)26(29(34)30(32)35)28(33)23-9-8-19-6-4-5-7-22(19)18-23/h4-18,27,33H,3H2,1-2H3/b28-26-. The van der Waals surface area contributed by atoms with Crippen LogP contribution in [0.1, 0.15) is 34.5 Å². The van der Waals surface area contributed by atoms with Crippen molar-refractivity contribution in [1.82, 2.24) is 0 Å². The Hall–Kier alpha value is -4.91. The van der Waals surface area contributed by atoms with E-state index < -0.39 is 23.7 Å². The van der Waals surface area contributed by atoms with Crippen LogP contribution in [0.3, 0.4) is 0 Å². The van der Waals surface area contributed by atoms with Gasteiger partial charge in [0.1, 0.15) is 11.5 Å². The van der Waals surface area contributed by atoms with E-state index in [-0.39, 0.29) is 17.9 Å². The Morgan fingerprint density at radius 2 is 1.53 bits per heavy atom. The van der Waals surface area contributed by atoms with Crippen molar-refractivity contribution in [1.29, 1.82) is 0 Å². The van der Waals surface area contributed by atoms with Crippen molar-refractivity contribution in [2.24, 2.45) is 0 Å². The molecule has 4 aromatic carbocycles. The quantitative estimate of drug-likeness (QED) is 0.157. The summed E-state index contributed by atoms with van der Waals surface area (Å²) < 4.78 is 10.3. The fourth-order valence-electron chi connectivity index (χ4n) is 4.67. The van der Waals surface area contributed by atoms with E-state index >= 15 is 0 Å². The van der Waals surface area contributed by atoms with Crippen molar-refractivity contribution in [3.8, 4) is 5.75 Å². The van der Waals surface area contributed by atoms with Crippen LogP contribution in [0.2, 0.25) is 0 Å². The van der Waals surface area contributed by atoms with Crippen LogP contribution in [-0.4, -0.2) is 36.5 Å². The van der Waals surface area contributed by atoms with Gasteiger partial charge in [0, 0.05) is 11.3 Å². The molecule has 0 aliphatic carbocycles. The molecule has 0 radical (unpaired) electrons. The van der Waals surface area contributed by atoms with E-state index in [1.54, 1.807) is 74.7 Å². The number of nitrogens with zero attached hydrogens (tertiary/aromatic N) is 1. The summed E-state index contributed by atoms with van der Waals surface area (Å²) in [5.74, 6) is -1.72. The maximum absolute atomic E-state index is 13.4. The molecule has 190 valence electrons. The number of rotatable bonds is 6. The van der Waals surface area contributed by atoms with Crippen LogP contribution < -0.4 is 9.64 Å². The van der Waals surface area contributed by atoms with Crippen molar-refractivity contribution in [3.63, 3.8) is 0 Å². The molecule has 7 nitrogen and oxygen atoms in total. The van der Waals surface area contributed by atoms with E-state index in [1.165, 1.54) is 4.90 Å². The smallest absolute Gasteiger partial charge is 0.338 e. The second kappa shape index (κ2) is 10.2. The molecule has 38 heavy (non-hydrogen) atoms. The number of hydrogen-bond acceptors (Lipinski definition) is 6. The number of ketones is 1. The van der Waals surface area contributed by atoms with Gasteiger partial charge in [-0.2, -0.15) is 0 Å². The fraction of sp³-hybridized carbons (Fsp3) is 0.129. The minimum atomic E-state index is -0.902. The van der Waals surface area contributed by atoms with E-state index in [1.807, 2.05) is 30.3 Å². The number of esters is 1. The topological polar surface area (TPSA) is 93.1 Å². The van der Waals surface area contributed by atoms with E-state index in [0.717, 1.165) is 10.8 Å². The zero-order valence-corrected chi connectivity index (χ0v) is 20.9. The first-order chi connectivity index (χ1) is 18.4. The monoisotopic (exact) mass is 507 g/mol. The molecule has 1 saturated heterocycles. The van der Waals surface area contributed by atoms with Crippen molar-refractivity contribution in [2.45, 2.75) is 13.0 Å². The van der Waals surface area contributed by atoms with Gasteiger partial charge in [0.05, 0.1) is 30.9 Å². The van der Waals surface area contributed by atoms with Crippen molar-refractivity contribution < 1.29 is 29.0 Å². The lowest BCUT2D eigenvalue weighted by atomic mass is 9.94. The number of fused-ring (bicyclic) bond motifs is 1. The highest BCUT2D eigenvalue weighted by Crippen LogP contribution is 2.42. The highest BCUT2D eigenvalue weighted by Gasteiger charge is 2.47. The molecule has 1 amide bonds. The molecule has 7 heteroatoms. The number of benzene rings is 4. The van der Waals surface area contributed by atoms with E-state index in [2.05, 4.69) is 0 Å². The Balaban J connectivity index is 1.65. The molecule has 1 heterocycles. The van der Waals surface area contributed by atoms with E-state index in [4.69, 9.17) is 9.47 Å². The summed E-state index contributed by atoms with van der Waals surface area (Å²) in [4.78, 5) is 40.3. The number of aliphatic hydroxyl groups excluding tert-OH is 1. The minimum absolute atomic E-state index is 0.0232. The largest absolute Gasteiger partial charge is 0.507 e. The molecule has 1 atom stereocenters. The first-order valence-electron chi connectivity index (χ1n) is 12.1. The Bertz CT molecular complexity index is 1570. The molecule has 0 aromatic heterocycles. The number of amides is 1. The second-order valence-electron chi connectivity index (χ2n) is 8.77. The Morgan fingerprint density at radius 1 is 0.868 bits per heavy atom. The van der Waals surface area contributed by atoms with Gasteiger partial charge in [-0.25, -0.2) is 4.79 Å². The summed E-state index contributed by atoms with van der Waals surface area (Å²) in [5, 5.41) is 13.3. The highest BCUT2D eigenvalue weighted by atomic mass is 16.5. The molecule has 0 bridgehead atoms. The van der Waals surface area contributed by atoms with Gasteiger partial charge in [-0.05, 0) is 65.7 Å². The number of anilines is 1. The maximum atomic E-state index is 13.4. The average Bonchev–Trinajstić information content (AvgIpc) is 3.22. The summed E-state index contributed by atoms with van der Waals surface area (Å²) >= 11 is 0. The molecule has 0 spiro atoms. The van der Waals surface area contributed by atoms with Crippen LogP contribution in [0.25, 0.3) is 16.5 Å². The Labute approximate surface area is 219 Å². The third-order valence-corrected chi connectivity index (χ3v) is 6.56. The SMILES string of the molecule is CCOC(=O)c1ccc(N2C(=O)C(=O)/C(=C(\O)c3ccc4ccccc4c3)C2c2ccc(OC)cc2)cc1. The van der Waals surface area contributed by atoms with Gasteiger partial charge in [-0.15, -0.1) is 0 Å². The maximum Gasteiger partial charge on any atom is 0.338 e. The lowest BCUT2D eigenvalue weighted by Crippen LogP contribution is -2.29. The lowest BCUT2D eigenvalue weighted by molar-refractivity contribution is -0.132. The van der Waals surface area contributed by atoms with Gasteiger partial charge in [0.2, 0.25) is 0 Å². The number of carbonyl (C=O) groups excluding carboxylic acids is 3. The predicted molar refractivity (Wildman–Crippen MR) is 144 cm³/mol. The highest BCUT2D eigenvalue weighted by molar-refractivity contribution is 6.51. The number of aliphatic hydroxyl groups is 1. The number of carbonyl (C=O) groups is 3. The molecule has 1 aliphatic rings. The van der Waals surface area contributed by atoms with Gasteiger partial charge in [-0.3, -0.25) is 14.5 Å². The van der Waals surface area contributed by atoms with Gasteiger partial charge in [0.25, 0.3) is 11.7 Å². The summed E-state index contributed by atoms with van der Waals surface area (Å²) in [7, 11) is 1.55. The normalized spacial score (nSPS) is 16.6. The minimum Gasteiger partial charge on any atom is -0.507 e. The van der Waals surface area contributed by atoms with Crippen LogP contribution in [0.5, 0.6) is 5.75 Å². The third-order valence-electron chi connectivity index (χ3n) is 6.56. The summed E-state index contributed by atoms with van der Waals surface area (Å²) in [6.07, 6.45) is 0. The average molecular weight is 508 g/mol. The third kappa shape index (κ3) is 4.39. The van der Waals surface area contributed by atoms with Gasteiger partial charge < -0.3 is 14.6 Å². The molecule has 1 fully saturated rings. The van der Waals surface area contributed by atoms with Crippen LogP contribution in [0.15, 0.2) is 96.6 Å². The van der Waals surface area contributed by atoms with Crippen LogP contribution >= 0.6 is 0 Å². The molecule has 4 aromatic rings. The second-order valence-corrected chi connectivity index (χ2v) is 8.77. The van der Waals surface area contributed by atoms with Crippen LogP contribution in [-0.2, 0) is 14.3 Å². The van der Waals surface area contributed by atoms with Crippen molar-refractivity contribution >= 4 is 39.9 Å². The first-order valence-corrected chi connectivity index (χ1v) is 12.1. The summed E-state index contributed by atoms with van der Waals surface area (Å²) in [5.41, 5.74) is 1.74. The zero-order chi connectivity index (χ0) is 26.8. The zero-order valence-electron chi connectivity index (χ0n) is 20.9. The van der Waals surface area contributed by atoms with Crippen molar-refractivity contribution in [2.75, 3.05) is 18.6 Å². The molecule has 1 aliphatic heterocycles. The van der Waals surface area contributed by atoms with Crippen LogP contribution in [0.4, 0.5) is 5.69 Å². The molecule has 1 unspecified atom stereocenters. The number of Topliss-reactive ketones (excluding diaryl/α,β-unsaturated/α-hetero) is 1. The van der Waals surface area contributed by atoms with Gasteiger partial charge in [0.15, 0.2) is 0 Å². The summed E-state index contributed by atoms with van der Waals surface area (Å²) in [6.45, 7) is 1.96. The Kier molecular flexibility index (Phi) is 6.66. The predicted octanol–water partition coefficient (Wildman–Crippen LogP) is 5.65. The number of ether oxygens (including phenoxy) is 2. The van der Waals surface area contributed by atoms with Gasteiger partial charge >= 0.3 is 5.97 Å². The first kappa shape index (κ1) is 24.8. The molecular formula is C31H25NO6. The molecule has 1 N–H and O–H groups in total. The number of methoxy groups -OCH3 is 1. The van der Waals surface area contributed by atoms with E-state index in [0.29, 0.717) is 28.1 Å². The Morgan fingerprint density at radius 3 is 2.18 bits per heavy atom. The van der Waals surface area contributed by atoms with Crippen LogP contribution in [0, 0.1) is 0 Å². The lowest BCUT2D eigenvalue weighted by Gasteiger charge is -2.25. The molecule has 0 saturated carbocycles.